The fourth-order valence-corrected chi connectivity index (χ4v) is 3.75. The predicted molar refractivity (Wildman–Crippen MR) is 76.4 cm³/mol. The minimum Gasteiger partial charge on any atom is -0.351 e. The van der Waals surface area contributed by atoms with Crippen molar-refractivity contribution in [3.8, 4) is 0 Å². The van der Waals surface area contributed by atoms with Crippen LogP contribution in [-0.2, 0) is 10.0 Å². The Morgan fingerprint density at radius 1 is 1.38 bits per heavy atom. The lowest BCUT2D eigenvalue weighted by Crippen LogP contribution is -2.39. The Labute approximate surface area is 122 Å². The molecular weight excluding hydrogens is 296 g/mol. The van der Waals surface area contributed by atoms with Crippen LogP contribution in [0.15, 0.2) is 16.9 Å². The van der Waals surface area contributed by atoms with Gasteiger partial charge in [0.25, 0.3) is 11.5 Å². The van der Waals surface area contributed by atoms with Crippen LogP contribution in [0.2, 0.25) is 0 Å². The number of carbonyl (C=O) groups excluding carboxylic acids is 1. The van der Waals surface area contributed by atoms with Crippen LogP contribution in [0, 0.1) is 0 Å². The number of sulfonamides is 1. The van der Waals surface area contributed by atoms with Crippen LogP contribution >= 0.6 is 0 Å². The number of aromatic nitrogens is 2. The van der Waals surface area contributed by atoms with Gasteiger partial charge in [-0.1, -0.05) is 0 Å². The van der Waals surface area contributed by atoms with Gasteiger partial charge in [-0.25, -0.2) is 17.8 Å². The maximum absolute atomic E-state index is 11.8. The lowest BCUT2D eigenvalue weighted by atomic mass is 10.3. The summed E-state index contributed by atoms with van der Waals surface area (Å²) >= 11 is 0. The topological polar surface area (TPSA) is 112 Å². The van der Waals surface area contributed by atoms with Crippen LogP contribution in [0.25, 0.3) is 0 Å². The summed E-state index contributed by atoms with van der Waals surface area (Å²) in [6.07, 6.45) is 2.13. The van der Waals surface area contributed by atoms with Crippen molar-refractivity contribution >= 4 is 15.9 Å². The van der Waals surface area contributed by atoms with Gasteiger partial charge in [-0.3, -0.25) is 9.59 Å². The van der Waals surface area contributed by atoms with Gasteiger partial charge in [-0.15, -0.1) is 0 Å². The van der Waals surface area contributed by atoms with Gasteiger partial charge in [0.2, 0.25) is 10.0 Å². The number of nitrogens with one attached hydrogen (secondary N) is 2. The van der Waals surface area contributed by atoms with E-state index in [0.29, 0.717) is 32.5 Å². The number of amides is 1. The van der Waals surface area contributed by atoms with E-state index in [1.54, 1.807) is 0 Å². The Balaban J connectivity index is 1.75. The molecule has 2 N–H and O–H groups in total. The van der Waals surface area contributed by atoms with Crippen molar-refractivity contribution in [3.05, 3.63) is 28.2 Å². The minimum atomic E-state index is -3.11. The van der Waals surface area contributed by atoms with Crippen molar-refractivity contribution < 1.29 is 13.2 Å². The molecular formula is C12H18N4O4S. The first-order valence-electron chi connectivity index (χ1n) is 6.81. The monoisotopic (exact) mass is 314 g/mol. The quantitative estimate of drug-likeness (QED) is 0.699. The van der Waals surface area contributed by atoms with E-state index in [1.165, 1.54) is 16.4 Å². The third-order valence-corrected chi connectivity index (χ3v) is 5.19. The van der Waals surface area contributed by atoms with Gasteiger partial charge in [0.15, 0.2) is 0 Å². The lowest BCUT2D eigenvalue weighted by molar-refractivity contribution is 0.0946. The summed E-state index contributed by atoms with van der Waals surface area (Å²) in [4.78, 5) is 22.5. The minimum absolute atomic E-state index is 0.125. The Hall–Kier alpha value is -1.74. The second-order valence-corrected chi connectivity index (χ2v) is 6.93. The van der Waals surface area contributed by atoms with Gasteiger partial charge in [0.1, 0.15) is 5.69 Å². The molecule has 1 aromatic heterocycles. The summed E-state index contributed by atoms with van der Waals surface area (Å²) in [5.74, 6) is -0.187. The number of H-pyrrole nitrogens is 1. The van der Waals surface area contributed by atoms with Crippen molar-refractivity contribution in [3.63, 3.8) is 0 Å². The molecule has 1 saturated heterocycles. The Morgan fingerprint density at radius 3 is 2.86 bits per heavy atom. The molecule has 1 aromatic rings. The third kappa shape index (κ3) is 4.36. The van der Waals surface area contributed by atoms with Crippen LogP contribution < -0.4 is 10.9 Å². The maximum atomic E-state index is 11.8. The van der Waals surface area contributed by atoms with Crippen molar-refractivity contribution in [2.45, 2.75) is 19.3 Å². The van der Waals surface area contributed by atoms with Crippen LogP contribution in [0.3, 0.4) is 0 Å². The van der Waals surface area contributed by atoms with E-state index in [-0.39, 0.29) is 17.0 Å². The van der Waals surface area contributed by atoms with Crippen LogP contribution in [0.5, 0.6) is 0 Å². The number of rotatable bonds is 5. The Bertz CT molecular complexity index is 635. The zero-order chi connectivity index (χ0) is 15.3. The summed E-state index contributed by atoms with van der Waals surface area (Å²) in [5, 5.41) is 8.43. The number of nitrogens with zero attached hydrogens (tertiary/aromatic N) is 2. The molecule has 0 radical (unpaired) electrons. The average molecular weight is 314 g/mol. The summed E-state index contributed by atoms with van der Waals surface area (Å²) in [6, 6.07) is 2.56. The molecule has 21 heavy (non-hydrogen) atoms. The van der Waals surface area contributed by atoms with E-state index in [1.807, 2.05) is 0 Å². The maximum Gasteiger partial charge on any atom is 0.271 e. The molecule has 116 valence electrons. The first kappa shape index (κ1) is 15.6. The van der Waals surface area contributed by atoms with E-state index in [4.69, 9.17) is 0 Å². The van der Waals surface area contributed by atoms with Crippen LogP contribution in [-0.4, -0.2) is 54.2 Å². The smallest absolute Gasteiger partial charge is 0.271 e. The fourth-order valence-electron chi connectivity index (χ4n) is 2.11. The molecule has 1 amide bonds. The lowest BCUT2D eigenvalue weighted by Gasteiger charge is -2.26. The molecule has 0 aromatic carbocycles. The molecule has 0 saturated carbocycles. The Kier molecular flexibility index (Phi) is 5.07. The molecule has 1 fully saturated rings. The number of carbonyl (C=O) groups is 1. The highest BCUT2D eigenvalue weighted by molar-refractivity contribution is 7.89. The highest BCUT2D eigenvalue weighted by atomic mass is 32.2. The fraction of sp³-hybridized carbons (Fsp3) is 0.583. The molecule has 2 heterocycles. The molecule has 1 aliphatic rings. The van der Waals surface area contributed by atoms with E-state index in [9.17, 15) is 18.0 Å². The molecule has 0 unspecified atom stereocenters. The first-order valence-corrected chi connectivity index (χ1v) is 8.42. The molecule has 0 aliphatic carbocycles. The summed E-state index contributed by atoms with van der Waals surface area (Å²) in [7, 11) is -3.11. The number of hydrogen-bond acceptors (Lipinski definition) is 5. The molecule has 0 spiro atoms. The van der Waals surface area contributed by atoms with Crippen molar-refractivity contribution in [2.24, 2.45) is 0 Å². The van der Waals surface area contributed by atoms with Gasteiger partial charge in [0, 0.05) is 25.7 Å². The largest absolute Gasteiger partial charge is 0.351 e. The molecule has 8 nitrogen and oxygen atoms in total. The van der Waals surface area contributed by atoms with Gasteiger partial charge in [0.05, 0.1) is 5.75 Å². The molecule has 2 rings (SSSR count). The zero-order valence-corrected chi connectivity index (χ0v) is 12.4. The first-order chi connectivity index (χ1) is 9.99. The second kappa shape index (κ2) is 6.81. The number of hydrogen-bond donors (Lipinski definition) is 2. The normalized spacial score (nSPS) is 18.3. The van der Waals surface area contributed by atoms with Crippen LogP contribution in [0.1, 0.15) is 29.8 Å². The SMILES string of the molecule is O=C(NCCCN1CCCCS1(=O)=O)c1ccc(=O)[nH]n1. The van der Waals surface area contributed by atoms with Crippen molar-refractivity contribution in [2.75, 3.05) is 25.4 Å². The van der Waals surface area contributed by atoms with E-state index >= 15 is 0 Å². The van der Waals surface area contributed by atoms with Crippen molar-refractivity contribution in [1.29, 1.82) is 0 Å². The zero-order valence-electron chi connectivity index (χ0n) is 11.5. The van der Waals surface area contributed by atoms with Gasteiger partial charge >= 0.3 is 0 Å². The molecule has 0 atom stereocenters. The Morgan fingerprint density at radius 2 is 2.19 bits per heavy atom. The van der Waals surface area contributed by atoms with E-state index in [2.05, 4.69) is 15.5 Å². The third-order valence-electron chi connectivity index (χ3n) is 3.23. The van der Waals surface area contributed by atoms with Crippen molar-refractivity contribution in [1.82, 2.24) is 19.8 Å². The van der Waals surface area contributed by atoms with Gasteiger partial charge in [-0.2, -0.15) is 5.10 Å². The number of aromatic amines is 1. The van der Waals surface area contributed by atoms with E-state index in [0.717, 1.165) is 6.42 Å². The average Bonchev–Trinajstić information content (AvgIpc) is 2.45. The second-order valence-electron chi connectivity index (χ2n) is 4.84. The van der Waals surface area contributed by atoms with Crippen LogP contribution in [0.4, 0.5) is 0 Å². The van der Waals surface area contributed by atoms with Gasteiger partial charge < -0.3 is 5.32 Å². The summed E-state index contributed by atoms with van der Waals surface area (Å²) in [5.41, 5.74) is -0.248. The van der Waals surface area contributed by atoms with Gasteiger partial charge in [-0.05, 0) is 25.3 Å². The highest BCUT2D eigenvalue weighted by Crippen LogP contribution is 2.13. The molecule has 9 heteroatoms. The summed E-state index contributed by atoms with van der Waals surface area (Å²) in [6.45, 7) is 1.31. The summed E-state index contributed by atoms with van der Waals surface area (Å²) < 4.78 is 25.0. The predicted octanol–water partition coefficient (Wildman–Crippen LogP) is -0.685. The molecule has 0 bridgehead atoms. The molecule has 1 aliphatic heterocycles. The highest BCUT2D eigenvalue weighted by Gasteiger charge is 2.24. The van der Waals surface area contributed by atoms with E-state index < -0.39 is 15.9 Å². The standard InChI is InChI=1S/C12H18N4O4S/c17-11-5-4-10(14-15-11)12(18)13-6-3-8-16-7-1-2-9-21(16,19)20/h4-5H,1-3,6-9H2,(H,13,18)(H,15,17).